The first kappa shape index (κ1) is 25.1. The van der Waals surface area contributed by atoms with Crippen LogP contribution < -0.4 is 5.32 Å². The van der Waals surface area contributed by atoms with Crippen molar-refractivity contribution in [2.24, 2.45) is 11.3 Å². The Bertz CT molecular complexity index is 1400. The van der Waals surface area contributed by atoms with Gasteiger partial charge in [0.2, 0.25) is 0 Å². The van der Waals surface area contributed by atoms with E-state index in [0.29, 0.717) is 30.4 Å². The topological polar surface area (TPSA) is 104 Å². The highest BCUT2D eigenvalue weighted by Crippen LogP contribution is 2.58. The van der Waals surface area contributed by atoms with E-state index in [4.69, 9.17) is 5.11 Å². The van der Waals surface area contributed by atoms with E-state index in [1.165, 1.54) is 6.07 Å². The van der Waals surface area contributed by atoms with Gasteiger partial charge in [0.1, 0.15) is 5.82 Å². The molecule has 0 atom stereocenters. The molecule has 3 aromatic rings. The Hall–Kier alpha value is -3.52. The molecule has 2 fully saturated rings. The smallest absolute Gasteiger partial charge is 0.338 e. The SMILES string of the molecule is Cc1sc(C)c(C(=O)NC2CC3(C2)CC(C(=O)O)C3)c1Cc1ccc(-c2ccc(F)c(C(=O)O)c2)cc1. The molecule has 3 N–H and O–H groups in total. The van der Waals surface area contributed by atoms with Crippen LogP contribution in [-0.4, -0.2) is 34.1 Å². The van der Waals surface area contributed by atoms with Crippen molar-refractivity contribution in [3.63, 3.8) is 0 Å². The summed E-state index contributed by atoms with van der Waals surface area (Å²) >= 11 is 1.60. The van der Waals surface area contributed by atoms with Gasteiger partial charge in [-0.3, -0.25) is 9.59 Å². The van der Waals surface area contributed by atoms with E-state index >= 15 is 0 Å². The van der Waals surface area contributed by atoms with Crippen molar-refractivity contribution < 1.29 is 29.0 Å². The summed E-state index contributed by atoms with van der Waals surface area (Å²) in [7, 11) is 0. The third kappa shape index (κ3) is 4.78. The van der Waals surface area contributed by atoms with Crippen LogP contribution in [-0.2, 0) is 11.2 Å². The molecule has 1 amide bonds. The molecule has 0 unspecified atom stereocenters. The number of hydrogen-bond donors (Lipinski definition) is 3. The summed E-state index contributed by atoms with van der Waals surface area (Å²) in [5.41, 5.74) is 3.85. The zero-order valence-electron chi connectivity index (χ0n) is 20.6. The van der Waals surface area contributed by atoms with E-state index in [1.807, 2.05) is 38.1 Å². The van der Waals surface area contributed by atoms with Gasteiger partial charge in [-0.1, -0.05) is 30.3 Å². The molecule has 0 aliphatic heterocycles. The summed E-state index contributed by atoms with van der Waals surface area (Å²) in [6.45, 7) is 3.97. The Labute approximate surface area is 218 Å². The number of rotatable bonds is 7. The molecular formula is C29H28FNO5S. The van der Waals surface area contributed by atoms with Crippen LogP contribution in [0.3, 0.4) is 0 Å². The van der Waals surface area contributed by atoms with Gasteiger partial charge in [-0.25, -0.2) is 9.18 Å². The molecule has 2 aromatic carbocycles. The Morgan fingerprint density at radius 1 is 0.973 bits per heavy atom. The third-order valence-electron chi connectivity index (χ3n) is 7.88. The number of hydrogen-bond acceptors (Lipinski definition) is 4. The minimum Gasteiger partial charge on any atom is -0.481 e. The number of aliphatic carboxylic acids is 1. The van der Waals surface area contributed by atoms with Crippen molar-refractivity contribution >= 4 is 29.2 Å². The van der Waals surface area contributed by atoms with Crippen LogP contribution in [0.25, 0.3) is 11.1 Å². The summed E-state index contributed by atoms with van der Waals surface area (Å²) in [6.07, 6.45) is 3.69. The maximum Gasteiger partial charge on any atom is 0.338 e. The molecule has 1 aromatic heterocycles. The quantitative estimate of drug-likeness (QED) is 0.363. The van der Waals surface area contributed by atoms with Crippen molar-refractivity contribution in [1.29, 1.82) is 0 Å². The molecule has 6 nitrogen and oxygen atoms in total. The first-order valence-electron chi connectivity index (χ1n) is 12.3. The molecule has 0 radical (unpaired) electrons. The lowest BCUT2D eigenvalue weighted by Gasteiger charge is -2.56. The molecule has 0 bridgehead atoms. The number of aryl methyl sites for hydroxylation is 2. The van der Waals surface area contributed by atoms with Gasteiger partial charge in [0.15, 0.2) is 0 Å². The van der Waals surface area contributed by atoms with Crippen LogP contribution in [0.15, 0.2) is 42.5 Å². The van der Waals surface area contributed by atoms with E-state index in [0.717, 1.165) is 45.4 Å². The van der Waals surface area contributed by atoms with Gasteiger partial charge in [0.05, 0.1) is 17.0 Å². The predicted octanol–water partition coefficient (Wildman–Crippen LogP) is 5.83. The number of carboxylic acids is 2. The fraction of sp³-hybridized carbons (Fsp3) is 0.345. The first-order chi connectivity index (χ1) is 17.5. The van der Waals surface area contributed by atoms with E-state index in [2.05, 4.69) is 5.32 Å². The second-order valence-corrected chi connectivity index (χ2v) is 11.9. The van der Waals surface area contributed by atoms with Crippen LogP contribution in [0.4, 0.5) is 4.39 Å². The average molecular weight is 522 g/mol. The number of amides is 1. The Morgan fingerprint density at radius 2 is 1.62 bits per heavy atom. The second kappa shape index (κ2) is 9.41. The van der Waals surface area contributed by atoms with Crippen molar-refractivity contribution in [1.82, 2.24) is 5.32 Å². The van der Waals surface area contributed by atoms with Crippen molar-refractivity contribution in [2.45, 2.75) is 52.0 Å². The number of benzene rings is 2. The minimum absolute atomic E-state index is 0.0741. The van der Waals surface area contributed by atoms with E-state index in [9.17, 15) is 23.9 Å². The van der Waals surface area contributed by atoms with E-state index in [-0.39, 0.29) is 28.8 Å². The zero-order chi connectivity index (χ0) is 26.5. The van der Waals surface area contributed by atoms with Gasteiger partial charge in [-0.05, 0) is 85.8 Å². The number of aromatic carboxylic acids is 1. The standard InChI is InChI=1S/C29H28FNO5S/c1-15-22(9-17-3-5-18(6-4-17)19-7-8-24(30)23(10-19)28(35)36)25(16(2)37-15)26(32)31-21-13-29(14-21)11-20(12-29)27(33)34/h3-8,10,20-21H,9,11-14H2,1-2H3,(H,31,32)(H,33,34)(H,35,36). The molecule has 8 heteroatoms. The molecular weight excluding hydrogens is 493 g/mol. The zero-order valence-corrected chi connectivity index (χ0v) is 21.5. The van der Waals surface area contributed by atoms with Gasteiger partial charge in [0, 0.05) is 15.8 Å². The fourth-order valence-corrected chi connectivity index (χ4v) is 7.04. The monoisotopic (exact) mass is 521 g/mol. The molecule has 0 saturated heterocycles. The summed E-state index contributed by atoms with van der Waals surface area (Å²) in [5, 5.41) is 21.5. The highest BCUT2D eigenvalue weighted by atomic mass is 32.1. The minimum atomic E-state index is -1.31. The molecule has 1 spiro atoms. The fourth-order valence-electron chi connectivity index (χ4n) is 5.97. The van der Waals surface area contributed by atoms with Crippen LogP contribution in [0.1, 0.15) is 67.3 Å². The normalized spacial score (nSPS) is 22.2. The summed E-state index contributed by atoms with van der Waals surface area (Å²) in [4.78, 5) is 37.7. The molecule has 2 aliphatic carbocycles. The predicted molar refractivity (Wildman–Crippen MR) is 139 cm³/mol. The maximum absolute atomic E-state index is 13.8. The van der Waals surface area contributed by atoms with Gasteiger partial charge < -0.3 is 15.5 Å². The number of nitrogens with one attached hydrogen (secondary N) is 1. The van der Waals surface area contributed by atoms with Crippen molar-refractivity contribution in [2.75, 3.05) is 0 Å². The molecule has 5 rings (SSSR count). The second-order valence-electron chi connectivity index (χ2n) is 10.5. The maximum atomic E-state index is 13.8. The molecule has 2 aliphatic rings. The largest absolute Gasteiger partial charge is 0.481 e. The molecule has 1 heterocycles. The van der Waals surface area contributed by atoms with Crippen LogP contribution >= 0.6 is 11.3 Å². The lowest BCUT2D eigenvalue weighted by atomic mass is 9.50. The third-order valence-corrected chi connectivity index (χ3v) is 8.94. The van der Waals surface area contributed by atoms with E-state index < -0.39 is 17.8 Å². The van der Waals surface area contributed by atoms with Crippen molar-refractivity contribution in [3.8, 4) is 11.1 Å². The summed E-state index contributed by atoms with van der Waals surface area (Å²) < 4.78 is 13.8. The Balaban J connectivity index is 1.27. The first-order valence-corrected chi connectivity index (χ1v) is 13.1. The average Bonchev–Trinajstić information content (AvgIpc) is 3.07. The number of carbonyl (C=O) groups excluding carboxylic acids is 1. The molecule has 37 heavy (non-hydrogen) atoms. The summed E-state index contributed by atoms with van der Waals surface area (Å²) in [5.74, 6) is -3.10. The lowest BCUT2D eigenvalue weighted by molar-refractivity contribution is -0.155. The number of carbonyl (C=O) groups is 3. The van der Waals surface area contributed by atoms with Crippen molar-refractivity contribution in [3.05, 3.63) is 80.3 Å². The highest BCUT2D eigenvalue weighted by molar-refractivity contribution is 7.12. The number of halogens is 1. The highest BCUT2D eigenvalue weighted by Gasteiger charge is 2.55. The van der Waals surface area contributed by atoms with Crippen LogP contribution in [0.2, 0.25) is 0 Å². The van der Waals surface area contributed by atoms with E-state index in [1.54, 1.807) is 17.4 Å². The van der Waals surface area contributed by atoms with Gasteiger partial charge in [-0.2, -0.15) is 0 Å². The Kier molecular flexibility index (Phi) is 6.40. The summed E-state index contributed by atoms with van der Waals surface area (Å²) in [6, 6.07) is 11.8. The van der Waals surface area contributed by atoms with Crippen LogP contribution in [0.5, 0.6) is 0 Å². The van der Waals surface area contributed by atoms with Gasteiger partial charge in [0.25, 0.3) is 5.91 Å². The number of thiophene rings is 1. The Morgan fingerprint density at radius 3 is 2.24 bits per heavy atom. The molecule has 192 valence electrons. The number of carboxylic acid groups (broad SMARTS) is 2. The van der Waals surface area contributed by atoms with Crippen LogP contribution in [0, 0.1) is 31.0 Å². The lowest BCUT2D eigenvalue weighted by Crippen LogP contribution is -2.57. The molecule has 2 saturated carbocycles. The van der Waals surface area contributed by atoms with Gasteiger partial charge in [-0.15, -0.1) is 11.3 Å². The van der Waals surface area contributed by atoms with Gasteiger partial charge >= 0.3 is 11.9 Å².